The molecular weight excluding hydrogens is 591 g/mol. The molecule has 3 rings (SSSR count). The van der Waals surface area contributed by atoms with Crippen molar-refractivity contribution in [3.63, 3.8) is 0 Å². The Balaban J connectivity index is 1.90. The lowest BCUT2D eigenvalue weighted by Gasteiger charge is -2.14. The number of nitriles is 1. The second-order valence-corrected chi connectivity index (χ2v) is 10.2. The van der Waals surface area contributed by atoms with Crippen LogP contribution in [0.1, 0.15) is 11.1 Å². The number of carbonyl (C=O) groups excluding carboxylic acids is 1. The van der Waals surface area contributed by atoms with Crippen LogP contribution in [0.4, 0.5) is 5.69 Å². The quantitative estimate of drug-likeness (QED) is 0.163. The van der Waals surface area contributed by atoms with Crippen molar-refractivity contribution >= 4 is 62.0 Å². The monoisotopic (exact) mass is 608 g/mol. The summed E-state index contributed by atoms with van der Waals surface area (Å²) in [6, 6.07) is 17.6. The van der Waals surface area contributed by atoms with E-state index in [9.17, 15) is 18.5 Å². The summed E-state index contributed by atoms with van der Waals surface area (Å²) < 4.78 is 36.6. The summed E-state index contributed by atoms with van der Waals surface area (Å²) in [6.45, 7) is 1.85. The average Bonchev–Trinajstić information content (AvgIpc) is 2.80. The van der Waals surface area contributed by atoms with Crippen LogP contribution in [-0.2, 0) is 14.9 Å². The van der Waals surface area contributed by atoms with Crippen molar-refractivity contribution in [3.8, 4) is 17.6 Å². The van der Waals surface area contributed by atoms with Gasteiger partial charge in [0.25, 0.3) is 5.91 Å². The van der Waals surface area contributed by atoms with Crippen molar-refractivity contribution in [2.75, 3.05) is 12.4 Å². The Bertz CT molecular complexity index is 1400. The van der Waals surface area contributed by atoms with Gasteiger partial charge < -0.3 is 14.2 Å². The van der Waals surface area contributed by atoms with E-state index in [1.807, 2.05) is 35.6 Å². The molecular formula is C24H18ClIN2O5S. The molecule has 0 saturated carbocycles. The molecule has 174 valence electrons. The Labute approximate surface area is 216 Å². The number of aryl methyl sites for hydroxylation is 1. The highest BCUT2D eigenvalue weighted by Gasteiger charge is 2.22. The van der Waals surface area contributed by atoms with E-state index in [2.05, 4.69) is 5.32 Å². The van der Waals surface area contributed by atoms with Gasteiger partial charge in [-0.05, 0) is 89.7 Å². The van der Waals surface area contributed by atoms with Crippen LogP contribution >= 0.6 is 34.2 Å². The first-order valence-electron chi connectivity index (χ1n) is 9.70. The molecule has 0 aromatic heterocycles. The number of nitrogens with zero attached hydrogens (tertiary/aromatic N) is 1. The van der Waals surface area contributed by atoms with Crippen LogP contribution in [0, 0.1) is 21.8 Å². The topological polar surface area (TPSA) is 105 Å². The van der Waals surface area contributed by atoms with Crippen molar-refractivity contribution in [1.29, 1.82) is 5.26 Å². The van der Waals surface area contributed by atoms with Gasteiger partial charge in [-0.2, -0.15) is 13.7 Å². The molecule has 0 unspecified atom stereocenters. The van der Waals surface area contributed by atoms with Gasteiger partial charge in [-0.15, -0.1) is 0 Å². The van der Waals surface area contributed by atoms with Crippen LogP contribution in [-0.4, -0.2) is 21.4 Å². The Hall–Kier alpha value is -3.07. The molecule has 3 aromatic carbocycles. The van der Waals surface area contributed by atoms with Crippen LogP contribution < -0.4 is 14.2 Å². The van der Waals surface area contributed by atoms with Gasteiger partial charge in [0, 0.05) is 10.7 Å². The van der Waals surface area contributed by atoms with Crippen LogP contribution in [0.25, 0.3) is 6.08 Å². The van der Waals surface area contributed by atoms with Gasteiger partial charge in [-0.1, -0.05) is 29.3 Å². The van der Waals surface area contributed by atoms with E-state index >= 15 is 0 Å². The predicted molar refractivity (Wildman–Crippen MR) is 138 cm³/mol. The Morgan fingerprint density at radius 1 is 1.12 bits per heavy atom. The molecule has 0 heterocycles. The lowest BCUT2D eigenvalue weighted by molar-refractivity contribution is -0.112. The zero-order valence-corrected chi connectivity index (χ0v) is 21.7. The van der Waals surface area contributed by atoms with E-state index in [4.69, 9.17) is 20.5 Å². The summed E-state index contributed by atoms with van der Waals surface area (Å²) in [4.78, 5) is 12.5. The highest BCUT2D eigenvalue weighted by atomic mass is 127. The normalized spacial score (nSPS) is 11.4. The third kappa shape index (κ3) is 6.28. The molecule has 0 aliphatic heterocycles. The number of nitrogens with one attached hydrogen (secondary N) is 1. The van der Waals surface area contributed by atoms with E-state index in [-0.39, 0.29) is 22.0 Å². The van der Waals surface area contributed by atoms with E-state index in [0.29, 0.717) is 19.8 Å². The molecule has 1 amide bonds. The van der Waals surface area contributed by atoms with E-state index in [1.165, 1.54) is 31.4 Å². The summed E-state index contributed by atoms with van der Waals surface area (Å²) in [7, 11) is -2.74. The molecule has 3 aromatic rings. The number of benzene rings is 3. The van der Waals surface area contributed by atoms with Gasteiger partial charge >= 0.3 is 10.1 Å². The number of carbonyl (C=O) groups is 1. The highest BCUT2D eigenvalue weighted by molar-refractivity contribution is 14.1. The van der Waals surface area contributed by atoms with Crippen LogP contribution in [0.5, 0.6) is 11.5 Å². The van der Waals surface area contributed by atoms with Crippen molar-refractivity contribution in [2.45, 2.75) is 11.8 Å². The average molecular weight is 609 g/mol. The molecule has 0 bridgehead atoms. The highest BCUT2D eigenvalue weighted by Crippen LogP contribution is 2.36. The summed E-state index contributed by atoms with van der Waals surface area (Å²) >= 11 is 7.75. The molecule has 0 fully saturated rings. The van der Waals surface area contributed by atoms with E-state index in [1.54, 1.807) is 42.5 Å². The first kappa shape index (κ1) is 25.6. The van der Waals surface area contributed by atoms with Crippen molar-refractivity contribution in [1.82, 2.24) is 0 Å². The van der Waals surface area contributed by atoms with Crippen LogP contribution in [0.3, 0.4) is 0 Å². The van der Waals surface area contributed by atoms with Gasteiger partial charge in [0.1, 0.15) is 16.5 Å². The summed E-state index contributed by atoms with van der Waals surface area (Å²) in [5, 5.41) is 12.6. The molecule has 0 saturated heterocycles. The van der Waals surface area contributed by atoms with Gasteiger partial charge in [0.2, 0.25) is 0 Å². The molecule has 7 nitrogen and oxygen atoms in total. The number of rotatable bonds is 7. The number of anilines is 1. The lowest BCUT2D eigenvalue weighted by Crippen LogP contribution is -2.13. The maximum atomic E-state index is 12.7. The molecule has 0 aliphatic carbocycles. The molecule has 0 radical (unpaired) electrons. The smallest absolute Gasteiger partial charge is 0.339 e. The number of hydrogen-bond donors (Lipinski definition) is 1. The zero-order valence-electron chi connectivity index (χ0n) is 18.0. The van der Waals surface area contributed by atoms with Crippen molar-refractivity contribution < 1.29 is 22.1 Å². The van der Waals surface area contributed by atoms with E-state index < -0.39 is 16.0 Å². The lowest BCUT2D eigenvalue weighted by atomic mass is 10.1. The fraction of sp³-hybridized carbons (Fsp3) is 0.0833. The fourth-order valence-electron chi connectivity index (χ4n) is 2.81. The SMILES string of the molecule is COc1cc(/C=C(\C#N)C(=O)Nc2ccc(Cl)cc2)cc(I)c1OS(=O)(=O)c1ccc(C)cc1. The summed E-state index contributed by atoms with van der Waals surface area (Å²) in [5.74, 6) is -0.477. The maximum absolute atomic E-state index is 12.7. The summed E-state index contributed by atoms with van der Waals surface area (Å²) in [6.07, 6.45) is 1.37. The standard InChI is InChI=1S/C24H18ClIN2O5S/c1-15-3-9-20(10-4-15)34(30,31)33-23-21(26)12-16(13-22(23)32-2)11-17(14-27)24(29)28-19-7-5-18(25)6-8-19/h3-13H,1-2H3,(H,28,29)/b17-11+. The Morgan fingerprint density at radius 2 is 1.76 bits per heavy atom. The maximum Gasteiger partial charge on any atom is 0.339 e. The number of halogens is 2. The second-order valence-electron chi connectivity index (χ2n) is 7.02. The fourth-order valence-corrected chi connectivity index (χ4v) is 4.78. The van der Waals surface area contributed by atoms with E-state index in [0.717, 1.165) is 5.56 Å². The van der Waals surface area contributed by atoms with Crippen molar-refractivity contribution in [3.05, 3.63) is 86.0 Å². The number of amides is 1. The molecule has 1 N–H and O–H groups in total. The van der Waals surface area contributed by atoms with Gasteiger partial charge in [-0.3, -0.25) is 4.79 Å². The largest absolute Gasteiger partial charge is 0.493 e. The minimum Gasteiger partial charge on any atom is -0.493 e. The first-order valence-corrected chi connectivity index (χ1v) is 12.6. The molecule has 0 aliphatic rings. The van der Waals surface area contributed by atoms with Gasteiger partial charge in [0.05, 0.1) is 10.7 Å². The minimum absolute atomic E-state index is 0.00458. The third-order valence-electron chi connectivity index (χ3n) is 4.53. The number of ether oxygens (including phenoxy) is 1. The third-order valence-corrected chi connectivity index (χ3v) is 6.82. The van der Waals surface area contributed by atoms with Gasteiger partial charge in [-0.25, -0.2) is 0 Å². The molecule has 10 heteroatoms. The summed E-state index contributed by atoms with van der Waals surface area (Å²) in [5.41, 5.74) is 1.68. The molecule has 0 spiro atoms. The number of hydrogen-bond acceptors (Lipinski definition) is 6. The van der Waals surface area contributed by atoms with Gasteiger partial charge in [0.15, 0.2) is 11.5 Å². The van der Waals surface area contributed by atoms with Crippen molar-refractivity contribution in [2.24, 2.45) is 0 Å². The predicted octanol–water partition coefficient (Wildman–Crippen LogP) is 5.58. The zero-order chi connectivity index (χ0) is 24.9. The van der Waals surface area contributed by atoms with Crippen LogP contribution in [0.2, 0.25) is 5.02 Å². The van der Waals surface area contributed by atoms with Crippen LogP contribution in [0.15, 0.2) is 71.1 Å². The first-order chi connectivity index (χ1) is 16.1. The minimum atomic E-state index is -4.10. The molecule has 0 atom stereocenters. The molecule has 34 heavy (non-hydrogen) atoms. The Kier molecular flexibility index (Phi) is 8.19. The second kappa shape index (κ2) is 10.9. The number of methoxy groups -OCH3 is 1. The Morgan fingerprint density at radius 3 is 2.35 bits per heavy atom.